The Morgan fingerprint density at radius 1 is 1.33 bits per heavy atom. The fourth-order valence-electron chi connectivity index (χ4n) is 2.95. The number of hydrogen-bond donors (Lipinski definition) is 0. The lowest BCUT2D eigenvalue weighted by Crippen LogP contribution is -2.36. The van der Waals surface area contributed by atoms with Crippen molar-refractivity contribution in [2.45, 2.75) is 45.3 Å². The summed E-state index contributed by atoms with van der Waals surface area (Å²) in [6, 6.07) is 1.68. The van der Waals surface area contributed by atoms with Crippen LogP contribution in [0.15, 0.2) is 22.9 Å². The van der Waals surface area contributed by atoms with Gasteiger partial charge in [-0.05, 0) is 55.6 Å². The van der Waals surface area contributed by atoms with Gasteiger partial charge in [0.15, 0.2) is 0 Å². The molecule has 5 nitrogen and oxygen atoms in total. The normalized spacial score (nSPS) is 18.2. The molecular weight excluding hydrogens is 394 g/mol. The van der Waals surface area contributed by atoms with Crippen LogP contribution in [-0.2, 0) is 4.74 Å². The summed E-state index contributed by atoms with van der Waals surface area (Å²) in [5.41, 5.74) is 0.313. The lowest BCUT2D eigenvalue weighted by atomic mass is 10.0. The number of rotatable bonds is 1. The Morgan fingerprint density at radius 3 is 2.79 bits per heavy atom. The van der Waals surface area contributed by atoms with Crippen molar-refractivity contribution in [2.24, 2.45) is 0 Å². The van der Waals surface area contributed by atoms with E-state index in [9.17, 15) is 4.79 Å². The Morgan fingerprint density at radius 2 is 2.08 bits per heavy atom. The molecule has 24 heavy (non-hydrogen) atoms. The largest absolute Gasteiger partial charge is 0.444 e. The van der Waals surface area contributed by atoms with Crippen molar-refractivity contribution in [1.82, 2.24) is 14.9 Å². The van der Waals surface area contributed by atoms with Gasteiger partial charge >= 0.3 is 6.09 Å². The zero-order valence-corrected chi connectivity index (χ0v) is 16.2. The van der Waals surface area contributed by atoms with Gasteiger partial charge in [0.2, 0.25) is 0 Å². The van der Waals surface area contributed by atoms with E-state index in [1.807, 2.05) is 20.8 Å². The van der Waals surface area contributed by atoms with E-state index < -0.39 is 5.60 Å². The quantitative estimate of drug-likeness (QED) is 0.610. The van der Waals surface area contributed by atoms with Gasteiger partial charge in [0.25, 0.3) is 0 Å². The average molecular weight is 413 g/mol. The van der Waals surface area contributed by atoms with E-state index in [0.29, 0.717) is 11.7 Å². The van der Waals surface area contributed by atoms with Gasteiger partial charge in [-0.25, -0.2) is 9.78 Å². The first-order valence-corrected chi connectivity index (χ1v) is 9.02. The average Bonchev–Trinajstić information content (AvgIpc) is 2.95. The maximum Gasteiger partial charge on any atom is 0.410 e. The highest BCUT2D eigenvalue weighted by Gasteiger charge is 2.35. The number of likely N-dealkylation sites (tertiary alicyclic amines) is 1. The number of nitrogens with zero attached hydrogens (tertiary/aromatic N) is 3. The molecule has 1 aliphatic heterocycles. The molecule has 0 spiro atoms. The summed E-state index contributed by atoms with van der Waals surface area (Å²) >= 11 is 9.57. The first kappa shape index (κ1) is 17.4. The third-order valence-corrected chi connectivity index (χ3v) is 4.76. The van der Waals surface area contributed by atoms with Crippen LogP contribution in [0.25, 0.3) is 10.8 Å². The number of pyridine rings is 2. The summed E-state index contributed by atoms with van der Waals surface area (Å²) in [6.07, 6.45) is 4.94. The zero-order chi connectivity index (χ0) is 17.5. The molecule has 1 fully saturated rings. The second kappa shape index (κ2) is 6.48. The minimum Gasteiger partial charge on any atom is -0.444 e. The Bertz CT molecular complexity index is 791. The first-order chi connectivity index (χ1) is 11.3. The van der Waals surface area contributed by atoms with Crippen LogP contribution >= 0.6 is 27.5 Å². The van der Waals surface area contributed by atoms with Crippen molar-refractivity contribution < 1.29 is 9.53 Å². The van der Waals surface area contributed by atoms with Gasteiger partial charge in [-0.2, -0.15) is 0 Å². The van der Waals surface area contributed by atoms with Crippen LogP contribution in [0, 0.1) is 0 Å². The predicted octanol–water partition coefficient (Wildman–Crippen LogP) is 5.12. The van der Waals surface area contributed by atoms with Gasteiger partial charge in [0.05, 0.1) is 11.7 Å². The van der Waals surface area contributed by atoms with Crippen LogP contribution in [0.2, 0.25) is 5.15 Å². The van der Waals surface area contributed by atoms with E-state index in [1.54, 1.807) is 23.4 Å². The molecule has 1 unspecified atom stereocenters. The van der Waals surface area contributed by atoms with Crippen LogP contribution in [0.1, 0.15) is 45.3 Å². The summed E-state index contributed by atoms with van der Waals surface area (Å²) in [6.45, 7) is 6.27. The number of ether oxygens (including phenoxy) is 1. The van der Waals surface area contributed by atoms with Gasteiger partial charge in [0, 0.05) is 34.2 Å². The Labute approximate surface area is 154 Å². The van der Waals surface area contributed by atoms with E-state index in [0.717, 1.165) is 33.8 Å². The Hall–Kier alpha value is -1.40. The molecule has 0 radical (unpaired) electrons. The van der Waals surface area contributed by atoms with Crippen molar-refractivity contribution in [3.8, 4) is 0 Å². The summed E-state index contributed by atoms with van der Waals surface area (Å²) in [4.78, 5) is 23.0. The van der Waals surface area contributed by atoms with Gasteiger partial charge in [0.1, 0.15) is 10.8 Å². The van der Waals surface area contributed by atoms with Crippen molar-refractivity contribution in [1.29, 1.82) is 0 Å². The molecule has 0 N–H and O–H groups in total. The fourth-order valence-corrected chi connectivity index (χ4v) is 3.53. The summed E-state index contributed by atoms with van der Waals surface area (Å²) < 4.78 is 6.40. The Kier molecular flexibility index (Phi) is 4.71. The lowest BCUT2D eigenvalue weighted by molar-refractivity contribution is 0.0222. The SMILES string of the molecule is CC(C)(C)OC(=O)N1CCCC1c1ncc(Br)c2cnc(Cl)cc12. The van der Waals surface area contributed by atoms with Gasteiger partial charge in [-0.1, -0.05) is 11.6 Å². The highest BCUT2D eigenvalue weighted by molar-refractivity contribution is 9.10. The monoisotopic (exact) mass is 411 g/mol. The molecule has 1 saturated heterocycles. The van der Waals surface area contributed by atoms with Crippen molar-refractivity contribution in [3.05, 3.63) is 33.8 Å². The van der Waals surface area contributed by atoms with Crippen LogP contribution in [0.5, 0.6) is 0 Å². The number of fused-ring (bicyclic) bond motifs is 1. The highest BCUT2D eigenvalue weighted by atomic mass is 79.9. The molecule has 1 amide bonds. The molecule has 3 rings (SSSR count). The number of hydrogen-bond acceptors (Lipinski definition) is 4. The molecule has 0 aliphatic carbocycles. The topological polar surface area (TPSA) is 55.3 Å². The van der Waals surface area contributed by atoms with Crippen LogP contribution in [-0.4, -0.2) is 33.1 Å². The molecule has 2 aromatic heterocycles. The molecular formula is C17H19BrClN3O2. The van der Waals surface area contributed by atoms with Crippen molar-refractivity contribution in [3.63, 3.8) is 0 Å². The molecule has 1 atom stereocenters. The maximum absolute atomic E-state index is 12.5. The van der Waals surface area contributed by atoms with Gasteiger partial charge < -0.3 is 4.74 Å². The smallest absolute Gasteiger partial charge is 0.410 e. The number of aromatic nitrogens is 2. The van der Waals surface area contributed by atoms with Crippen LogP contribution in [0.4, 0.5) is 4.79 Å². The van der Waals surface area contributed by atoms with Crippen molar-refractivity contribution in [2.75, 3.05) is 6.54 Å². The molecule has 0 aromatic carbocycles. The number of halogens is 2. The van der Waals surface area contributed by atoms with Crippen LogP contribution in [0.3, 0.4) is 0 Å². The first-order valence-electron chi connectivity index (χ1n) is 7.85. The highest BCUT2D eigenvalue weighted by Crippen LogP contribution is 2.37. The summed E-state index contributed by atoms with van der Waals surface area (Å²) in [5, 5.41) is 2.25. The van der Waals surface area contributed by atoms with E-state index >= 15 is 0 Å². The third kappa shape index (κ3) is 3.49. The van der Waals surface area contributed by atoms with E-state index in [4.69, 9.17) is 16.3 Å². The molecule has 7 heteroatoms. The maximum atomic E-state index is 12.5. The zero-order valence-electron chi connectivity index (χ0n) is 13.8. The number of carbonyl (C=O) groups is 1. The summed E-state index contributed by atoms with van der Waals surface area (Å²) in [5.74, 6) is 0. The van der Waals surface area contributed by atoms with E-state index in [-0.39, 0.29) is 12.1 Å². The molecule has 1 aliphatic rings. The number of carbonyl (C=O) groups excluding carboxylic acids is 1. The lowest BCUT2D eigenvalue weighted by Gasteiger charge is -2.28. The second-order valence-corrected chi connectivity index (χ2v) is 8.12. The molecule has 0 saturated carbocycles. The predicted molar refractivity (Wildman–Crippen MR) is 97.2 cm³/mol. The number of amides is 1. The standard InChI is InChI=1S/C17H19BrClN3O2/c1-17(2,3)24-16(23)22-6-4-5-13(22)15-10-7-14(19)20-8-11(10)12(18)9-21-15/h7-9,13H,4-6H2,1-3H3. The molecule has 0 bridgehead atoms. The third-order valence-electron chi connectivity index (χ3n) is 3.92. The van der Waals surface area contributed by atoms with Gasteiger partial charge in [-0.3, -0.25) is 9.88 Å². The molecule has 128 valence electrons. The second-order valence-electron chi connectivity index (χ2n) is 6.88. The van der Waals surface area contributed by atoms with E-state index in [1.165, 1.54) is 0 Å². The molecule has 2 aromatic rings. The van der Waals surface area contributed by atoms with Crippen molar-refractivity contribution >= 4 is 44.4 Å². The summed E-state index contributed by atoms with van der Waals surface area (Å²) in [7, 11) is 0. The van der Waals surface area contributed by atoms with Gasteiger partial charge in [-0.15, -0.1) is 0 Å². The Balaban J connectivity index is 2.01. The molecule has 3 heterocycles. The van der Waals surface area contributed by atoms with Crippen LogP contribution < -0.4 is 0 Å². The van der Waals surface area contributed by atoms with E-state index in [2.05, 4.69) is 25.9 Å². The minimum atomic E-state index is -0.521. The fraction of sp³-hybridized carbons (Fsp3) is 0.471. The minimum absolute atomic E-state index is 0.117.